The Morgan fingerprint density at radius 3 is 2.69 bits per heavy atom. The van der Waals surface area contributed by atoms with Crippen LogP contribution in [0.1, 0.15) is 22.7 Å². The first-order valence-corrected chi connectivity index (χ1v) is 9.42. The van der Waals surface area contributed by atoms with Gasteiger partial charge in [0.25, 0.3) is 0 Å². The predicted molar refractivity (Wildman–Crippen MR) is 102 cm³/mol. The van der Waals surface area contributed by atoms with Crippen LogP contribution in [0.5, 0.6) is 0 Å². The van der Waals surface area contributed by atoms with Crippen LogP contribution in [0.15, 0.2) is 42.5 Å². The summed E-state index contributed by atoms with van der Waals surface area (Å²) >= 11 is 5.96. The molecule has 2 aliphatic rings. The molecule has 152 valence electrons. The molecule has 1 saturated heterocycles. The lowest BCUT2D eigenvalue weighted by Gasteiger charge is -2.44. The SMILES string of the molecule is O=C(Nc1cc(C(F)(F)F)ccc1Cl)N1CC(=O)N2CCc3ccccc3C2C1. The van der Waals surface area contributed by atoms with E-state index in [1.54, 1.807) is 4.90 Å². The third-order valence-electron chi connectivity index (χ3n) is 5.27. The molecule has 2 aliphatic heterocycles. The van der Waals surface area contributed by atoms with E-state index in [-0.39, 0.29) is 35.7 Å². The summed E-state index contributed by atoms with van der Waals surface area (Å²) in [6.07, 6.45) is -3.80. The number of fused-ring (bicyclic) bond motifs is 3. The van der Waals surface area contributed by atoms with Crippen molar-refractivity contribution in [3.8, 4) is 0 Å². The van der Waals surface area contributed by atoms with Crippen molar-refractivity contribution in [2.75, 3.05) is 25.0 Å². The van der Waals surface area contributed by atoms with Gasteiger partial charge in [0.05, 0.1) is 22.3 Å². The standard InChI is InChI=1S/C20H17ClF3N3O2/c21-15-6-5-13(20(22,23)24)9-16(15)25-19(29)26-10-17-14-4-2-1-3-12(14)7-8-27(17)18(28)11-26/h1-6,9,17H,7-8,10-11H2,(H,25,29). The fourth-order valence-electron chi connectivity index (χ4n) is 3.82. The molecule has 2 heterocycles. The van der Waals surface area contributed by atoms with Crippen molar-refractivity contribution in [2.45, 2.75) is 18.6 Å². The number of anilines is 1. The summed E-state index contributed by atoms with van der Waals surface area (Å²) in [7, 11) is 0. The average molecular weight is 424 g/mol. The Morgan fingerprint density at radius 1 is 1.17 bits per heavy atom. The highest BCUT2D eigenvalue weighted by Gasteiger charge is 2.38. The number of piperazine rings is 1. The molecule has 1 fully saturated rings. The molecule has 9 heteroatoms. The van der Waals surface area contributed by atoms with Gasteiger partial charge >= 0.3 is 12.2 Å². The van der Waals surface area contributed by atoms with Crippen molar-refractivity contribution in [1.29, 1.82) is 0 Å². The number of urea groups is 1. The number of hydrogen-bond acceptors (Lipinski definition) is 2. The third-order valence-corrected chi connectivity index (χ3v) is 5.60. The smallest absolute Gasteiger partial charge is 0.332 e. The van der Waals surface area contributed by atoms with E-state index < -0.39 is 17.8 Å². The summed E-state index contributed by atoms with van der Waals surface area (Å²) < 4.78 is 38.9. The minimum absolute atomic E-state index is 0.0145. The Kier molecular flexibility index (Phi) is 4.90. The first-order chi connectivity index (χ1) is 13.7. The molecule has 4 rings (SSSR count). The number of nitrogens with one attached hydrogen (secondary N) is 1. The molecule has 0 aliphatic carbocycles. The molecule has 0 saturated carbocycles. The van der Waals surface area contributed by atoms with Crippen molar-refractivity contribution in [1.82, 2.24) is 9.80 Å². The maximum absolute atomic E-state index is 13.0. The van der Waals surface area contributed by atoms with E-state index in [0.29, 0.717) is 6.54 Å². The predicted octanol–water partition coefficient (Wildman–Crippen LogP) is 4.33. The van der Waals surface area contributed by atoms with Crippen molar-refractivity contribution in [3.63, 3.8) is 0 Å². The Balaban J connectivity index is 1.56. The number of alkyl halides is 3. The topological polar surface area (TPSA) is 52.7 Å². The largest absolute Gasteiger partial charge is 0.416 e. The van der Waals surface area contributed by atoms with Crippen LogP contribution >= 0.6 is 11.6 Å². The molecule has 5 nitrogen and oxygen atoms in total. The zero-order chi connectivity index (χ0) is 20.8. The highest BCUT2D eigenvalue weighted by molar-refractivity contribution is 6.33. The van der Waals surface area contributed by atoms with E-state index >= 15 is 0 Å². The first kappa shape index (κ1) is 19.6. The highest BCUT2D eigenvalue weighted by atomic mass is 35.5. The molecule has 1 atom stereocenters. The normalized spacial score (nSPS) is 18.9. The van der Waals surface area contributed by atoms with Crippen LogP contribution < -0.4 is 5.32 Å². The number of amides is 3. The zero-order valence-electron chi connectivity index (χ0n) is 15.2. The van der Waals surface area contributed by atoms with Gasteiger partial charge < -0.3 is 15.1 Å². The van der Waals surface area contributed by atoms with Crippen molar-refractivity contribution >= 4 is 29.2 Å². The van der Waals surface area contributed by atoms with Crippen molar-refractivity contribution in [2.24, 2.45) is 0 Å². The van der Waals surface area contributed by atoms with E-state index in [0.717, 1.165) is 35.7 Å². The summed E-state index contributed by atoms with van der Waals surface area (Å²) in [5, 5.41) is 2.40. The number of rotatable bonds is 1. The Hall–Kier alpha value is -2.74. The summed E-state index contributed by atoms with van der Waals surface area (Å²) in [6, 6.07) is 9.52. The van der Waals surface area contributed by atoms with Gasteiger partial charge in [-0.15, -0.1) is 0 Å². The van der Waals surface area contributed by atoms with E-state index in [1.165, 1.54) is 4.90 Å². The average Bonchev–Trinajstić information content (AvgIpc) is 2.68. The van der Waals surface area contributed by atoms with Gasteiger partial charge in [-0.2, -0.15) is 13.2 Å². The lowest BCUT2D eigenvalue weighted by molar-refractivity contribution is -0.139. The molecule has 1 N–H and O–H groups in total. The van der Waals surface area contributed by atoms with Crippen LogP contribution in [-0.4, -0.2) is 41.4 Å². The minimum Gasteiger partial charge on any atom is -0.332 e. The molecular formula is C20H17ClF3N3O2. The molecular weight excluding hydrogens is 407 g/mol. The highest BCUT2D eigenvalue weighted by Crippen LogP contribution is 2.35. The number of nitrogens with zero attached hydrogens (tertiary/aromatic N) is 2. The lowest BCUT2D eigenvalue weighted by Crippen LogP contribution is -2.56. The van der Waals surface area contributed by atoms with Gasteiger partial charge in [-0.05, 0) is 35.7 Å². The van der Waals surface area contributed by atoms with Crippen LogP contribution in [0, 0.1) is 0 Å². The van der Waals surface area contributed by atoms with Crippen LogP contribution in [0.25, 0.3) is 0 Å². The Labute approximate surface area is 170 Å². The van der Waals surface area contributed by atoms with E-state index in [2.05, 4.69) is 5.32 Å². The van der Waals surface area contributed by atoms with Gasteiger partial charge in [0.2, 0.25) is 5.91 Å². The van der Waals surface area contributed by atoms with E-state index in [4.69, 9.17) is 11.6 Å². The second-order valence-electron chi connectivity index (χ2n) is 7.05. The summed E-state index contributed by atoms with van der Waals surface area (Å²) in [5.41, 5.74) is 1.05. The van der Waals surface area contributed by atoms with E-state index in [1.807, 2.05) is 24.3 Å². The second kappa shape index (κ2) is 7.26. The second-order valence-corrected chi connectivity index (χ2v) is 7.46. The number of carbonyl (C=O) groups is 2. The van der Waals surface area contributed by atoms with Gasteiger partial charge in [-0.1, -0.05) is 35.9 Å². The molecule has 2 aromatic carbocycles. The number of hydrogen-bond donors (Lipinski definition) is 1. The van der Waals surface area contributed by atoms with E-state index in [9.17, 15) is 22.8 Å². The summed E-state index contributed by atoms with van der Waals surface area (Å²) in [4.78, 5) is 28.4. The maximum Gasteiger partial charge on any atom is 0.416 e. The van der Waals surface area contributed by atoms with Gasteiger partial charge in [-0.3, -0.25) is 4.79 Å². The lowest BCUT2D eigenvalue weighted by atomic mass is 9.91. The fraction of sp³-hybridized carbons (Fsp3) is 0.300. The number of halogens is 4. The molecule has 0 bridgehead atoms. The quantitative estimate of drug-likeness (QED) is 0.742. The first-order valence-electron chi connectivity index (χ1n) is 9.04. The van der Waals surface area contributed by atoms with Crippen LogP contribution in [0.2, 0.25) is 5.02 Å². The molecule has 0 radical (unpaired) electrons. The van der Waals surface area contributed by atoms with Crippen molar-refractivity contribution in [3.05, 3.63) is 64.2 Å². The summed E-state index contributed by atoms with van der Waals surface area (Å²) in [6.45, 7) is 0.696. The van der Waals surface area contributed by atoms with Gasteiger partial charge in [-0.25, -0.2) is 4.79 Å². The number of benzene rings is 2. The molecule has 3 amide bonds. The molecule has 29 heavy (non-hydrogen) atoms. The van der Waals surface area contributed by atoms with Crippen molar-refractivity contribution < 1.29 is 22.8 Å². The monoisotopic (exact) mass is 423 g/mol. The van der Waals surface area contributed by atoms with Gasteiger partial charge in [0.15, 0.2) is 0 Å². The van der Waals surface area contributed by atoms with Gasteiger partial charge in [0, 0.05) is 13.1 Å². The van der Waals surface area contributed by atoms with Crippen LogP contribution in [-0.2, 0) is 17.4 Å². The zero-order valence-corrected chi connectivity index (χ0v) is 15.9. The Morgan fingerprint density at radius 2 is 1.93 bits per heavy atom. The number of carbonyl (C=O) groups excluding carboxylic acids is 2. The third kappa shape index (κ3) is 3.76. The van der Waals surface area contributed by atoms with Crippen LogP contribution in [0.4, 0.5) is 23.7 Å². The molecule has 2 aromatic rings. The van der Waals surface area contributed by atoms with Gasteiger partial charge in [0.1, 0.15) is 6.54 Å². The van der Waals surface area contributed by atoms with Crippen LogP contribution in [0.3, 0.4) is 0 Å². The molecule has 1 unspecified atom stereocenters. The Bertz CT molecular complexity index is 980. The maximum atomic E-state index is 13.0. The fourth-order valence-corrected chi connectivity index (χ4v) is 3.99. The minimum atomic E-state index is -4.56. The molecule has 0 aromatic heterocycles. The molecule has 0 spiro atoms. The summed E-state index contributed by atoms with van der Waals surface area (Å²) in [5.74, 6) is -0.193.